The van der Waals surface area contributed by atoms with E-state index in [9.17, 15) is 19.1 Å². The Hall–Kier alpha value is -1.95. The number of aliphatic hydroxyl groups is 1. The second kappa shape index (κ2) is 4.86. The lowest BCUT2D eigenvalue weighted by molar-refractivity contribution is -0.112. The van der Waals surface area contributed by atoms with Gasteiger partial charge in [-0.1, -0.05) is 0 Å². The average molecular weight is 278 g/mol. The molecule has 2 aliphatic heterocycles. The molecule has 6 heteroatoms. The van der Waals surface area contributed by atoms with Gasteiger partial charge in [0.2, 0.25) is 0 Å². The lowest BCUT2D eigenvalue weighted by atomic mass is 9.98. The molecular weight excluding hydrogens is 263 g/mol. The van der Waals surface area contributed by atoms with E-state index >= 15 is 0 Å². The number of Topliss-reactive ketones (excluding diaryl/α,β-unsaturated/α-hetero) is 1. The summed E-state index contributed by atoms with van der Waals surface area (Å²) in [5, 5.41) is 11.7. The molecule has 106 valence electrons. The number of nitrogens with one attached hydrogen (secondary N) is 1. The summed E-state index contributed by atoms with van der Waals surface area (Å²) in [4.78, 5) is 24.7. The number of halogens is 1. The molecule has 20 heavy (non-hydrogen) atoms. The van der Waals surface area contributed by atoms with Crippen LogP contribution in [0.1, 0.15) is 23.2 Å². The van der Waals surface area contributed by atoms with Crippen LogP contribution in [-0.4, -0.2) is 36.5 Å². The number of fused-ring (bicyclic) bond motifs is 1. The Labute approximate surface area is 115 Å². The van der Waals surface area contributed by atoms with E-state index in [1.807, 2.05) is 4.90 Å². The van der Waals surface area contributed by atoms with Gasteiger partial charge in [0.15, 0.2) is 0 Å². The Bertz CT molecular complexity index is 588. The molecule has 1 unspecified atom stereocenters. The molecule has 1 aromatic carbocycles. The van der Waals surface area contributed by atoms with Crippen molar-refractivity contribution in [3.8, 4) is 0 Å². The second-order valence-corrected chi connectivity index (χ2v) is 5.27. The van der Waals surface area contributed by atoms with Crippen molar-refractivity contribution in [3.63, 3.8) is 0 Å². The zero-order valence-corrected chi connectivity index (χ0v) is 10.9. The molecule has 2 N–H and O–H groups in total. The van der Waals surface area contributed by atoms with Gasteiger partial charge >= 0.3 is 0 Å². The number of amides is 1. The zero-order chi connectivity index (χ0) is 14.3. The molecule has 0 saturated carbocycles. The Morgan fingerprint density at radius 3 is 2.95 bits per heavy atom. The summed E-state index contributed by atoms with van der Waals surface area (Å²) >= 11 is 0. The molecule has 3 rings (SSSR count). The molecule has 0 spiro atoms. The molecule has 1 saturated heterocycles. The number of ketones is 1. The molecule has 1 atom stereocenters. The fraction of sp³-hybridized carbons (Fsp3) is 0.429. The third-order valence-corrected chi connectivity index (χ3v) is 3.90. The smallest absolute Gasteiger partial charge is 0.296 e. The van der Waals surface area contributed by atoms with Gasteiger partial charge in [0.1, 0.15) is 5.82 Å². The van der Waals surface area contributed by atoms with E-state index in [1.54, 1.807) is 0 Å². The minimum absolute atomic E-state index is 0.0816. The molecular formula is C14H15FN2O3. The van der Waals surface area contributed by atoms with Gasteiger partial charge in [0, 0.05) is 19.7 Å². The lowest BCUT2D eigenvalue weighted by Crippen LogP contribution is -2.37. The van der Waals surface area contributed by atoms with Crippen LogP contribution in [0.4, 0.5) is 15.8 Å². The highest BCUT2D eigenvalue weighted by Gasteiger charge is 2.31. The number of benzene rings is 1. The average Bonchev–Trinajstić information content (AvgIpc) is 2.73. The summed E-state index contributed by atoms with van der Waals surface area (Å²) < 4.78 is 14.2. The maximum absolute atomic E-state index is 14.2. The number of hydrogen-bond donors (Lipinski definition) is 2. The molecule has 0 aromatic heterocycles. The Morgan fingerprint density at radius 2 is 2.20 bits per heavy atom. The monoisotopic (exact) mass is 278 g/mol. The number of nitrogens with zero attached hydrogens (tertiary/aromatic N) is 1. The predicted molar refractivity (Wildman–Crippen MR) is 71.4 cm³/mol. The van der Waals surface area contributed by atoms with Gasteiger partial charge in [-0.05, 0) is 30.9 Å². The van der Waals surface area contributed by atoms with Crippen molar-refractivity contribution in [2.24, 2.45) is 5.92 Å². The van der Waals surface area contributed by atoms with Crippen LogP contribution in [-0.2, 0) is 4.79 Å². The lowest BCUT2D eigenvalue weighted by Gasteiger charge is -2.34. The van der Waals surface area contributed by atoms with Crippen LogP contribution in [0.5, 0.6) is 0 Å². The number of hydrogen-bond acceptors (Lipinski definition) is 4. The SMILES string of the molecule is O=C1Nc2cc(N3CCCC(CO)C3)c(F)cc2C1=O. The molecule has 0 aliphatic carbocycles. The van der Waals surface area contributed by atoms with Crippen LogP contribution < -0.4 is 10.2 Å². The van der Waals surface area contributed by atoms with Gasteiger partial charge in [-0.2, -0.15) is 0 Å². The van der Waals surface area contributed by atoms with Gasteiger partial charge < -0.3 is 15.3 Å². The fourth-order valence-corrected chi connectivity index (χ4v) is 2.83. The van der Waals surface area contributed by atoms with Crippen molar-refractivity contribution < 1.29 is 19.1 Å². The third-order valence-electron chi connectivity index (χ3n) is 3.90. The number of piperidine rings is 1. The van der Waals surface area contributed by atoms with Crippen molar-refractivity contribution in [1.82, 2.24) is 0 Å². The van der Waals surface area contributed by atoms with E-state index in [4.69, 9.17) is 0 Å². The predicted octanol–water partition coefficient (Wildman–Crippen LogP) is 1.17. The maximum Gasteiger partial charge on any atom is 0.296 e. The van der Waals surface area contributed by atoms with Gasteiger partial charge in [-0.3, -0.25) is 9.59 Å². The van der Waals surface area contributed by atoms with Crippen LogP contribution in [0, 0.1) is 11.7 Å². The summed E-state index contributed by atoms with van der Waals surface area (Å²) in [5.41, 5.74) is 0.825. The molecule has 1 amide bonds. The minimum atomic E-state index is -0.719. The van der Waals surface area contributed by atoms with Gasteiger partial charge in [0.25, 0.3) is 11.7 Å². The van der Waals surface area contributed by atoms with Crippen LogP contribution in [0.2, 0.25) is 0 Å². The Balaban J connectivity index is 1.93. The summed E-state index contributed by atoms with van der Waals surface area (Å²) in [6.07, 6.45) is 1.81. The van der Waals surface area contributed by atoms with Gasteiger partial charge in [-0.25, -0.2) is 4.39 Å². The van der Waals surface area contributed by atoms with E-state index in [-0.39, 0.29) is 18.1 Å². The van der Waals surface area contributed by atoms with E-state index in [0.717, 1.165) is 18.9 Å². The molecule has 0 bridgehead atoms. The number of rotatable bonds is 2. The highest BCUT2D eigenvalue weighted by Crippen LogP contribution is 2.33. The van der Waals surface area contributed by atoms with Crippen molar-refractivity contribution in [3.05, 3.63) is 23.5 Å². The standard InChI is InChI=1S/C14H15FN2O3/c15-10-4-9-11(16-14(20)13(9)19)5-12(10)17-3-1-2-8(6-17)7-18/h4-5,8,18H,1-3,6-7H2,(H,16,19,20). The highest BCUT2D eigenvalue weighted by atomic mass is 19.1. The maximum atomic E-state index is 14.2. The molecule has 2 heterocycles. The molecule has 2 aliphatic rings. The first kappa shape index (κ1) is 13.1. The van der Waals surface area contributed by atoms with Crippen LogP contribution in [0.15, 0.2) is 12.1 Å². The fourth-order valence-electron chi connectivity index (χ4n) is 2.83. The summed E-state index contributed by atoms with van der Waals surface area (Å²) in [5.74, 6) is -1.79. The van der Waals surface area contributed by atoms with E-state index in [0.29, 0.717) is 24.5 Å². The van der Waals surface area contributed by atoms with E-state index in [1.165, 1.54) is 6.07 Å². The van der Waals surface area contributed by atoms with E-state index < -0.39 is 17.5 Å². The molecule has 1 fully saturated rings. The quantitative estimate of drug-likeness (QED) is 0.797. The Morgan fingerprint density at radius 1 is 1.40 bits per heavy atom. The summed E-state index contributed by atoms with van der Waals surface area (Å²) in [7, 11) is 0. The highest BCUT2D eigenvalue weighted by molar-refractivity contribution is 6.51. The molecule has 0 radical (unpaired) electrons. The van der Waals surface area contributed by atoms with Crippen LogP contribution in [0.3, 0.4) is 0 Å². The van der Waals surface area contributed by atoms with Crippen molar-refractivity contribution >= 4 is 23.1 Å². The second-order valence-electron chi connectivity index (χ2n) is 5.27. The summed E-state index contributed by atoms with van der Waals surface area (Å²) in [6, 6.07) is 2.63. The number of carbonyl (C=O) groups excluding carboxylic acids is 2. The van der Waals surface area contributed by atoms with E-state index in [2.05, 4.69) is 5.32 Å². The summed E-state index contributed by atoms with van der Waals surface area (Å²) in [6.45, 7) is 1.36. The van der Waals surface area contributed by atoms with Crippen molar-refractivity contribution in [1.29, 1.82) is 0 Å². The van der Waals surface area contributed by atoms with Crippen LogP contribution >= 0.6 is 0 Å². The minimum Gasteiger partial charge on any atom is -0.396 e. The normalized spacial score (nSPS) is 21.9. The third kappa shape index (κ3) is 2.06. The first-order valence-corrected chi connectivity index (χ1v) is 6.65. The van der Waals surface area contributed by atoms with Crippen molar-refractivity contribution in [2.45, 2.75) is 12.8 Å². The largest absolute Gasteiger partial charge is 0.396 e. The Kier molecular flexibility index (Phi) is 3.17. The van der Waals surface area contributed by atoms with Crippen LogP contribution in [0.25, 0.3) is 0 Å². The van der Waals surface area contributed by atoms with Gasteiger partial charge in [0.05, 0.1) is 16.9 Å². The first-order valence-electron chi connectivity index (χ1n) is 6.65. The number of aliphatic hydroxyl groups excluding tert-OH is 1. The number of carbonyl (C=O) groups is 2. The topological polar surface area (TPSA) is 69.6 Å². The van der Waals surface area contributed by atoms with Crippen molar-refractivity contribution in [2.75, 3.05) is 29.9 Å². The number of anilines is 2. The molecule has 1 aromatic rings. The first-order chi connectivity index (χ1) is 9.60. The zero-order valence-electron chi connectivity index (χ0n) is 10.9. The van der Waals surface area contributed by atoms with Gasteiger partial charge in [-0.15, -0.1) is 0 Å². The molecule has 5 nitrogen and oxygen atoms in total.